The van der Waals surface area contributed by atoms with Crippen LogP contribution in [0.3, 0.4) is 0 Å². The number of amides is 1. The number of pyridine rings is 1. The third kappa shape index (κ3) is 4.18. The number of hydrogen-bond acceptors (Lipinski definition) is 4. The maximum absolute atomic E-state index is 12.7. The van der Waals surface area contributed by atoms with Crippen molar-refractivity contribution in [1.82, 2.24) is 4.98 Å². The Kier molecular flexibility index (Phi) is 5.90. The summed E-state index contributed by atoms with van der Waals surface area (Å²) in [5.74, 6) is 0.955. The largest absolute Gasteiger partial charge is 0.404 e. The molecule has 0 spiro atoms. The lowest BCUT2D eigenvalue weighted by Gasteiger charge is -2.26. The number of anilines is 1. The van der Waals surface area contributed by atoms with Crippen LogP contribution in [0, 0.1) is 12.8 Å². The number of aromatic nitrogens is 1. The van der Waals surface area contributed by atoms with Gasteiger partial charge in [-0.25, -0.2) is 4.98 Å². The molecule has 0 atom stereocenters. The molecular weight excluding hydrogens is 288 g/mol. The molecule has 1 aliphatic carbocycles. The monoisotopic (exact) mass is 314 g/mol. The van der Waals surface area contributed by atoms with Crippen LogP contribution in [0.15, 0.2) is 23.3 Å². The lowest BCUT2D eigenvalue weighted by atomic mass is 9.88. The van der Waals surface area contributed by atoms with E-state index in [1.54, 1.807) is 18.2 Å². The standard InChI is InChI=1S/C18H26N4O/c1-13-9-15(16(11-19)12-20-2)10-17(21-13)22(3)18(23)14-7-5-4-6-8-14/h9-12,14H,4-8,19H2,1-3H3/b16-11+,20-12?. The maximum Gasteiger partial charge on any atom is 0.230 e. The van der Waals surface area contributed by atoms with Crippen LogP contribution < -0.4 is 10.6 Å². The second kappa shape index (κ2) is 7.90. The Morgan fingerprint density at radius 3 is 2.65 bits per heavy atom. The fourth-order valence-corrected chi connectivity index (χ4v) is 3.08. The molecule has 124 valence electrons. The van der Waals surface area contributed by atoms with Crippen LogP contribution in [0.2, 0.25) is 0 Å². The van der Waals surface area contributed by atoms with Crippen molar-refractivity contribution in [3.63, 3.8) is 0 Å². The van der Waals surface area contributed by atoms with Crippen molar-refractivity contribution in [3.05, 3.63) is 29.6 Å². The maximum atomic E-state index is 12.7. The van der Waals surface area contributed by atoms with Gasteiger partial charge in [-0.15, -0.1) is 0 Å². The van der Waals surface area contributed by atoms with Crippen LogP contribution in [-0.4, -0.2) is 31.2 Å². The quantitative estimate of drug-likeness (QED) is 0.869. The number of carbonyl (C=O) groups excluding carboxylic acids is 1. The van der Waals surface area contributed by atoms with E-state index in [1.165, 1.54) is 12.6 Å². The van der Waals surface area contributed by atoms with Crippen LogP contribution in [0.1, 0.15) is 43.4 Å². The number of nitrogens with zero attached hydrogens (tertiary/aromatic N) is 3. The normalized spacial score (nSPS) is 16.7. The summed E-state index contributed by atoms with van der Waals surface area (Å²) in [5.41, 5.74) is 8.28. The highest BCUT2D eigenvalue weighted by Crippen LogP contribution is 2.27. The van der Waals surface area contributed by atoms with Gasteiger partial charge in [0.1, 0.15) is 5.82 Å². The third-order valence-electron chi connectivity index (χ3n) is 4.35. The average molecular weight is 314 g/mol. The summed E-state index contributed by atoms with van der Waals surface area (Å²) in [6.07, 6.45) is 8.72. The fraction of sp³-hybridized carbons (Fsp3) is 0.500. The number of rotatable bonds is 4. The first-order valence-corrected chi connectivity index (χ1v) is 8.17. The van der Waals surface area contributed by atoms with Crippen molar-refractivity contribution < 1.29 is 4.79 Å². The minimum absolute atomic E-state index is 0.126. The average Bonchev–Trinajstić information content (AvgIpc) is 2.58. The van der Waals surface area contributed by atoms with Gasteiger partial charge in [0.2, 0.25) is 5.91 Å². The van der Waals surface area contributed by atoms with Crippen LogP contribution in [-0.2, 0) is 4.79 Å². The predicted octanol–water partition coefficient (Wildman–Crippen LogP) is 2.93. The van der Waals surface area contributed by atoms with Crippen LogP contribution in [0.25, 0.3) is 5.57 Å². The predicted molar refractivity (Wildman–Crippen MR) is 95.5 cm³/mol. The van der Waals surface area contributed by atoms with Gasteiger partial charge in [0.25, 0.3) is 0 Å². The van der Waals surface area contributed by atoms with Crippen molar-refractivity contribution in [1.29, 1.82) is 0 Å². The summed E-state index contributed by atoms with van der Waals surface area (Å²) >= 11 is 0. The molecule has 2 rings (SSSR count). The molecule has 1 aromatic rings. The number of nitrogens with two attached hydrogens (primary N) is 1. The topological polar surface area (TPSA) is 71.6 Å². The zero-order valence-corrected chi connectivity index (χ0v) is 14.2. The van der Waals surface area contributed by atoms with Gasteiger partial charge in [-0.1, -0.05) is 19.3 Å². The second-order valence-corrected chi connectivity index (χ2v) is 6.10. The molecule has 0 aliphatic heterocycles. The van der Waals surface area contributed by atoms with E-state index in [0.717, 1.165) is 42.5 Å². The molecule has 0 unspecified atom stereocenters. The Hall–Kier alpha value is -2.17. The molecule has 1 aliphatic rings. The van der Waals surface area contributed by atoms with Gasteiger partial charge in [0, 0.05) is 43.7 Å². The Balaban J connectivity index is 2.27. The van der Waals surface area contributed by atoms with E-state index in [4.69, 9.17) is 5.73 Å². The highest BCUT2D eigenvalue weighted by molar-refractivity contribution is 6.10. The molecule has 23 heavy (non-hydrogen) atoms. The molecule has 5 nitrogen and oxygen atoms in total. The van der Waals surface area contributed by atoms with E-state index in [1.807, 2.05) is 26.1 Å². The first-order valence-electron chi connectivity index (χ1n) is 8.17. The van der Waals surface area contributed by atoms with Gasteiger partial charge in [0.05, 0.1) is 0 Å². The Labute approximate surface area is 138 Å². The Morgan fingerprint density at radius 1 is 1.35 bits per heavy atom. The van der Waals surface area contributed by atoms with Gasteiger partial charge in [0.15, 0.2) is 0 Å². The second-order valence-electron chi connectivity index (χ2n) is 6.10. The molecule has 1 saturated carbocycles. The highest BCUT2D eigenvalue weighted by atomic mass is 16.2. The number of aliphatic imine (C=N–C) groups is 1. The molecule has 0 aromatic carbocycles. The van der Waals surface area contributed by atoms with Crippen molar-refractivity contribution in [2.45, 2.75) is 39.0 Å². The van der Waals surface area contributed by atoms with Crippen LogP contribution in [0.5, 0.6) is 0 Å². The van der Waals surface area contributed by atoms with Crippen LogP contribution in [0.4, 0.5) is 5.82 Å². The van der Waals surface area contributed by atoms with Crippen molar-refractivity contribution in [2.75, 3.05) is 19.0 Å². The van der Waals surface area contributed by atoms with Gasteiger partial charge in [-0.05, 0) is 37.5 Å². The van der Waals surface area contributed by atoms with E-state index in [-0.39, 0.29) is 11.8 Å². The summed E-state index contributed by atoms with van der Waals surface area (Å²) in [5, 5.41) is 0. The molecular formula is C18H26N4O. The van der Waals surface area contributed by atoms with E-state index in [9.17, 15) is 4.79 Å². The van der Waals surface area contributed by atoms with Gasteiger partial charge in [-0.2, -0.15) is 0 Å². The molecule has 0 bridgehead atoms. The number of hydrogen-bond donors (Lipinski definition) is 1. The van der Waals surface area contributed by atoms with Crippen molar-refractivity contribution >= 4 is 23.5 Å². The first-order chi connectivity index (χ1) is 11.1. The lowest BCUT2D eigenvalue weighted by molar-refractivity contribution is -0.123. The smallest absolute Gasteiger partial charge is 0.230 e. The SMILES string of the molecule is CN=C/C(=C\N)c1cc(C)nc(N(C)C(=O)C2CCCCC2)c1. The Morgan fingerprint density at radius 2 is 2.04 bits per heavy atom. The summed E-state index contributed by atoms with van der Waals surface area (Å²) < 4.78 is 0. The minimum atomic E-state index is 0.126. The first kappa shape index (κ1) is 17.2. The summed E-state index contributed by atoms with van der Waals surface area (Å²) in [4.78, 5) is 22.9. The zero-order chi connectivity index (χ0) is 16.8. The molecule has 2 N–H and O–H groups in total. The minimum Gasteiger partial charge on any atom is -0.404 e. The highest BCUT2D eigenvalue weighted by Gasteiger charge is 2.25. The molecule has 1 heterocycles. The molecule has 5 heteroatoms. The summed E-state index contributed by atoms with van der Waals surface area (Å²) in [7, 11) is 3.51. The molecule has 1 amide bonds. The van der Waals surface area contributed by atoms with Gasteiger partial charge >= 0.3 is 0 Å². The summed E-state index contributed by atoms with van der Waals surface area (Å²) in [6.45, 7) is 1.92. The Bertz CT molecular complexity index is 615. The molecule has 1 aromatic heterocycles. The van der Waals surface area contributed by atoms with E-state index in [2.05, 4.69) is 9.98 Å². The van der Waals surface area contributed by atoms with E-state index in [0.29, 0.717) is 5.82 Å². The van der Waals surface area contributed by atoms with Crippen molar-refractivity contribution in [3.8, 4) is 0 Å². The third-order valence-corrected chi connectivity index (χ3v) is 4.35. The molecule has 0 radical (unpaired) electrons. The van der Waals surface area contributed by atoms with Crippen LogP contribution >= 0.6 is 0 Å². The summed E-state index contributed by atoms with van der Waals surface area (Å²) in [6, 6.07) is 3.84. The van der Waals surface area contributed by atoms with E-state index < -0.39 is 0 Å². The fourth-order valence-electron chi connectivity index (χ4n) is 3.08. The lowest BCUT2D eigenvalue weighted by Crippen LogP contribution is -2.34. The number of allylic oxidation sites excluding steroid dienone is 1. The number of aryl methyl sites for hydroxylation is 1. The van der Waals surface area contributed by atoms with E-state index >= 15 is 0 Å². The van der Waals surface area contributed by atoms with Gasteiger partial charge < -0.3 is 5.73 Å². The molecule has 0 saturated heterocycles. The molecule has 1 fully saturated rings. The van der Waals surface area contributed by atoms with Crippen molar-refractivity contribution in [2.24, 2.45) is 16.6 Å². The zero-order valence-electron chi connectivity index (χ0n) is 14.2. The van der Waals surface area contributed by atoms with Gasteiger partial charge in [-0.3, -0.25) is 14.7 Å². The number of carbonyl (C=O) groups is 1.